The topological polar surface area (TPSA) is 99.4 Å². The van der Waals surface area contributed by atoms with Gasteiger partial charge in [0.05, 0.1) is 5.56 Å². The zero-order valence-electron chi connectivity index (χ0n) is 12.0. The molecule has 1 amide bonds. The number of nitrogens with one attached hydrogen (secondary N) is 1. The van der Waals surface area contributed by atoms with E-state index in [1.165, 1.54) is 0 Å². The van der Waals surface area contributed by atoms with E-state index in [-0.39, 0.29) is 18.9 Å². The molecule has 112 valence electrons. The van der Waals surface area contributed by atoms with Crippen molar-refractivity contribution in [3.05, 3.63) is 29.8 Å². The predicted octanol–water partition coefficient (Wildman–Crippen LogP) is 1.70. The van der Waals surface area contributed by atoms with Crippen LogP contribution >= 0.6 is 0 Å². The third kappa shape index (κ3) is 5.95. The van der Waals surface area contributed by atoms with Crippen molar-refractivity contribution in [1.29, 1.82) is 5.26 Å². The number of para-hydroxylation sites is 1. The molecule has 0 radical (unpaired) electrons. The maximum absolute atomic E-state index is 11.8. The normalized spacial score (nSPS) is 10.5. The van der Waals surface area contributed by atoms with Crippen LogP contribution in [0.1, 0.15) is 32.3 Å². The molecule has 1 aromatic carbocycles. The molecular formula is C15H18N2O4. The summed E-state index contributed by atoms with van der Waals surface area (Å²) in [5, 5.41) is 20.3. The van der Waals surface area contributed by atoms with Gasteiger partial charge in [0.2, 0.25) is 0 Å². The van der Waals surface area contributed by atoms with E-state index in [1.807, 2.05) is 6.07 Å². The lowest BCUT2D eigenvalue weighted by molar-refractivity contribution is -0.138. The van der Waals surface area contributed by atoms with Gasteiger partial charge in [-0.15, -0.1) is 0 Å². The third-order valence-corrected chi connectivity index (χ3v) is 2.81. The Kier molecular flexibility index (Phi) is 5.73. The average Bonchev–Trinajstić information content (AvgIpc) is 2.43. The summed E-state index contributed by atoms with van der Waals surface area (Å²) in [6.45, 7) is 3.27. The number of carboxylic acid groups (broad SMARTS) is 1. The molecule has 6 heteroatoms. The van der Waals surface area contributed by atoms with E-state index < -0.39 is 11.5 Å². The van der Waals surface area contributed by atoms with Crippen LogP contribution < -0.4 is 10.1 Å². The maximum atomic E-state index is 11.8. The molecule has 0 unspecified atom stereocenters. The molecule has 0 atom stereocenters. The molecule has 6 nitrogen and oxygen atoms in total. The molecule has 1 rings (SSSR count). The van der Waals surface area contributed by atoms with Crippen molar-refractivity contribution >= 4 is 11.9 Å². The van der Waals surface area contributed by atoms with Crippen LogP contribution in [0.3, 0.4) is 0 Å². The fraction of sp³-hybridized carbons (Fsp3) is 0.400. The summed E-state index contributed by atoms with van der Waals surface area (Å²) in [4.78, 5) is 22.4. The summed E-state index contributed by atoms with van der Waals surface area (Å²) in [5.74, 6) is -0.923. The van der Waals surface area contributed by atoms with Crippen molar-refractivity contribution in [2.45, 2.75) is 32.2 Å². The molecule has 0 aliphatic heterocycles. The van der Waals surface area contributed by atoms with Gasteiger partial charge in [-0.05, 0) is 32.4 Å². The Morgan fingerprint density at radius 1 is 1.38 bits per heavy atom. The fourth-order valence-electron chi connectivity index (χ4n) is 1.72. The summed E-state index contributed by atoms with van der Waals surface area (Å²) < 4.78 is 5.31. The van der Waals surface area contributed by atoms with Crippen molar-refractivity contribution in [2.24, 2.45) is 0 Å². The third-order valence-electron chi connectivity index (χ3n) is 2.81. The molecule has 0 saturated heterocycles. The first-order valence-electron chi connectivity index (χ1n) is 6.49. The summed E-state index contributed by atoms with van der Waals surface area (Å²) >= 11 is 0. The first-order chi connectivity index (χ1) is 9.84. The van der Waals surface area contributed by atoms with Gasteiger partial charge >= 0.3 is 5.97 Å². The van der Waals surface area contributed by atoms with Crippen LogP contribution in [0, 0.1) is 11.3 Å². The van der Waals surface area contributed by atoms with Gasteiger partial charge < -0.3 is 15.2 Å². The van der Waals surface area contributed by atoms with Crippen LogP contribution in [0.4, 0.5) is 0 Å². The highest BCUT2D eigenvalue weighted by atomic mass is 16.5. The molecular weight excluding hydrogens is 272 g/mol. The van der Waals surface area contributed by atoms with Gasteiger partial charge in [-0.1, -0.05) is 12.1 Å². The second-order valence-electron chi connectivity index (χ2n) is 5.22. The monoisotopic (exact) mass is 290 g/mol. The molecule has 0 fully saturated rings. The van der Waals surface area contributed by atoms with Crippen molar-refractivity contribution in [3.8, 4) is 11.8 Å². The van der Waals surface area contributed by atoms with Crippen LogP contribution in [0.5, 0.6) is 5.75 Å². The molecule has 0 bridgehead atoms. The second kappa shape index (κ2) is 7.29. The molecule has 0 saturated carbocycles. The quantitative estimate of drug-likeness (QED) is 0.796. The summed E-state index contributed by atoms with van der Waals surface area (Å²) in [7, 11) is 0. The number of carbonyl (C=O) groups is 2. The minimum Gasteiger partial charge on any atom is -0.482 e. The van der Waals surface area contributed by atoms with E-state index in [0.717, 1.165) is 0 Å². The number of carboxylic acids is 1. The number of hydrogen-bond donors (Lipinski definition) is 2. The molecule has 0 heterocycles. The van der Waals surface area contributed by atoms with E-state index in [0.29, 0.717) is 17.7 Å². The Hall–Kier alpha value is -2.55. The predicted molar refractivity (Wildman–Crippen MR) is 75.7 cm³/mol. The van der Waals surface area contributed by atoms with Crippen molar-refractivity contribution in [3.63, 3.8) is 0 Å². The Labute approximate surface area is 123 Å². The zero-order valence-corrected chi connectivity index (χ0v) is 12.0. The molecule has 0 aromatic heterocycles. The Balaban J connectivity index is 2.51. The number of aliphatic carboxylic acids is 1. The number of nitrogens with zero attached hydrogens (tertiary/aromatic N) is 1. The highest BCUT2D eigenvalue weighted by Gasteiger charge is 2.21. The molecule has 0 aliphatic carbocycles. The molecule has 0 aliphatic rings. The highest BCUT2D eigenvalue weighted by Crippen LogP contribution is 2.16. The van der Waals surface area contributed by atoms with Crippen LogP contribution in [0.2, 0.25) is 0 Å². The summed E-state index contributed by atoms with van der Waals surface area (Å²) in [6.07, 6.45) is 0.300. The zero-order chi connectivity index (χ0) is 15.9. The first-order valence-corrected chi connectivity index (χ1v) is 6.49. The van der Waals surface area contributed by atoms with Crippen LogP contribution in [0.15, 0.2) is 24.3 Å². The molecule has 1 aromatic rings. The Morgan fingerprint density at radius 3 is 2.67 bits per heavy atom. The number of amides is 1. The van der Waals surface area contributed by atoms with Gasteiger partial charge in [0, 0.05) is 12.0 Å². The molecule has 0 spiro atoms. The van der Waals surface area contributed by atoms with Crippen molar-refractivity contribution in [2.75, 3.05) is 6.61 Å². The smallest absolute Gasteiger partial charge is 0.303 e. The fourth-order valence-corrected chi connectivity index (χ4v) is 1.72. The van der Waals surface area contributed by atoms with Crippen LogP contribution in [-0.2, 0) is 9.59 Å². The van der Waals surface area contributed by atoms with E-state index >= 15 is 0 Å². The Morgan fingerprint density at radius 2 is 2.05 bits per heavy atom. The van der Waals surface area contributed by atoms with Crippen molar-refractivity contribution < 1.29 is 19.4 Å². The van der Waals surface area contributed by atoms with Crippen molar-refractivity contribution in [1.82, 2.24) is 5.32 Å². The highest BCUT2D eigenvalue weighted by molar-refractivity contribution is 5.78. The van der Waals surface area contributed by atoms with Gasteiger partial charge in [-0.3, -0.25) is 9.59 Å². The number of rotatable bonds is 7. The largest absolute Gasteiger partial charge is 0.482 e. The van der Waals surface area contributed by atoms with E-state index in [4.69, 9.17) is 15.1 Å². The van der Waals surface area contributed by atoms with Gasteiger partial charge in [0.1, 0.15) is 11.8 Å². The minimum atomic E-state index is -0.906. The molecule has 21 heavy (non-hydrogen) atoms. The Bertz CT molecular complexity index is 561. The van der Waals surface area contributed by atoms with Crippen LogP contribution in [0.25, 0.3) is 0 Å². The van der Waals surface area contributed by atoms with E-state index in [2.05, 4.69) is 5.32 Å². The lowest BCUT2D eigenvalue weighted by Gasteiger charge is -2.25. The number of hydrogen-bond acceptors (Lipinski definition) is 4. The van der Waals surface area contributed by atoms with Gasteiger partial charge in [-0.25, -0.2) is 0 Å². The van der Waals surface area contributed by atoms with E-state index in [9.17, 15) is 9.59 Å². The number of carbonyl (C=O) groups excluding carboxylic acids is 1. The van der Waals surface area contributed by atoms with Gasteiger partial charge in [0.25, 0.3) is 5.91 Å². The van der Waals surface area contributed by atoms with Gasteiger partial charge in [0.15, 0.2) is 6.61 Å². The SMILES string of the molecule is CC(C)(CCC(=O)O)NC(=O)COc1ccccc1C#N. The molecule has 2 N–H and O–H groups in total. The number of ether oxygens (including phenoxy) is 1. The average molecular weight is 290 g/mol. The first kappa shape index (κ1) is 16.5. The lowest BCUT2D eigenvalue weighted by Crippen LogP contribution is -2.45. The number of benzene rings is 1. The van der Waals surface area contributed by atoms with Crippen LogP contribution in [-0.4, -0.2) is 29.1 Å². The van der Waals surface area contributed by atoms with E-state index in [1.54, 1.807) is 38.1 Å². The summed E-state index contributed by atoms with van der Waals surface area (Å²) in [5.41, 5.74) is -0.274. The second-order valence-corrected chi connectivity index (χ2v) is 5.22. The maximum Gasteiger partial charge on any atom is 0.303 e. The van der Waals surface area contributed by atoms with Gasteiger partial charge in [-0.2, -0.15) is 5.26 Å². The summed E-state index contributed by atoms with van der Waals surface area (Å²) in [6, 6.07) is 8.61. The number of nitriles is 1. The standard InChI is InChI=1S/C15H18N2O4/c1-15(2,8-7-14(19)20)17-13(18)10-21-12-6-4-3-5-11(12)9-16/h3-6H,7-8,10H2,1-2H3,(H,17,18)(H,19,20). The minimum absolute atomic E-state index is 0.0224. The lowest BCUT2D eigenvalue weighted by atomic mass is 9.98.